The van der Waals surface area contributed by atoms with Gasteiger partial charge in [-0.25, -0.2) is 4.99 Å². The number of aliphatic imine (C=N–C) groups is 1. The van der Waals surface area contributed by atoms with Crippen molar-refractivity contribution in [2.24, 2.45) is 10.9 Å². The minimum absolute atomic E-state index is 0.248. The smallest absolute Gasteiger partial charge is 0.191 e. The molecule has 0 saturated heterocycles. The summed E-state index contributed by atoms with van der Waals surface area (Å²) in [5, 5.41) is 15.9. The molecule has 1 aromatic carbocycles. The molecule has 3 N–H and O–H groups in total. The van der Waals surface area contributed by atoms with E-state index < -0.39 is 0 Å². The standard InChI is InChI=1S/C19H34N4O/c1-5-7-16(12-13-24)14-21-19(20-6-2)22-15-17-8-10-18(11-9-17)23(3)4/h8-11,16,24H,5-7,12-15H2,1-4H3,(H2,20,21,22). The number of rotatable bonds is 10. The number of hydrogen-bond donors (Lipinski definition) is 3. The molecule has 0 spiro atoms. The van der Waals surface area contributed by atoms with Gasteiger partial charge < -0.3 is 20.6 Å². The third-order valence-electron chi connectivity index (χ3n) is 4.01. The number of guanidine groups is 1. The molecule has 0 radical (unpaired) electrons. The molecule has 0 bridgehead atoms. The Morgan fingerprint density at radius 1 is 1.12 bits per heavy atom. The van der Waals surface area contributed by atoms with Crippen LogP contribution in [0.3, 0.4) is 0 Å². The third-order valence-corrected chi connectivity index (χ3v) is 4.01. The van der Waals surface area contributed by atoms with Gasteiger partial charge in [-0.1, -0.05) is 25.5 Å². The van der Waals surface area contributed by atoms with Crippen LogP contribution in [0.1, 0.15) is 38.7 Å². The lowest BCUT2D eigenvalue weighted by atomic mass is 10.0. The summed E-state index contributed by atoms with van der Waals surface area (Å²) in [7, 11) is 4.08. The highest BCUT2D eigenvalue weighted by Crippen LogP contribution is 2.13. The van der Waals surface area contributed by atoms with Gasteiger partial charge in [0.25, 0.3) is 0 Å². The lowest BCUT2D eigenvalue weighted by Crippen LogP contribution is -2.40. The summed E-state index contributed by atoms with van der Waals surface area (Å²) in [5.41, 5.74) is 2.39. The predicted octanol–water partition coefficient (Wildman–Crippen LogP) is 2.61. The highest BCUT2D eigenvalue weighted by Gasteiger charge is 2.08. The third kappa shape index (κ3) is 7.68. The fraction of sp³-hybridized carbons (Fsp3) is 0.632. The summed E-state index contributed by atoms with van der Waals surface area (Å²) >= 11 is 0. The summed E-state index contributed by atoms with van der Waals surface area (Å²) in [6, 6.07) is 8.47. The van der Waals surface area contributed by atoms with Crippen molar-refractivity contribution < 1.29 is 5.11 Å². The van der Waals surface area contributed by atoms with Crippen LogP contribution in [0, 0.1) is 5.92 Å². The molecule has 0 fully saturated rings. The molecule has 0 aliphatic carbocycles. The van der Waals surface area contributed by atoms with Gasteiger partial charge in [0.2, 0.25) is 0 Å². The maximum absolute atomic E-state index is 9.17. The first-order chi connectivity index (χ1) is 11.6. The minimum Gasteiger partial charge on any atom is -0.396 e. The first-order valence-corrected chi connectivity index (χ1v) is 9.00. The van der Waals surface area contributed by atoms with Gasteiger partial charge in [-0.2, -0.15) is 0 Å². The van der Waals surface area contributed by atoms with Crippen LogP contribution in [0.5, 0.6) is 0 Å². The lowest BCUT2D eigenvalue weighted by molar-refractivity contribution is 0.251. The van der Waals surface area contributed by atoms with E-state index in [0.717, 1.165) is 38.3 Å². The highest BCUT2D eigenvalue weighted by molar-refractivity contribution is 5.79. The van der Waals surface area contributed by atoms with E-state index >= 15 is 0 Å². The Kier molecular flexibility index (Phi) is 9.92. The number of anilines is 1. The molecule has 0 aromatic heterocycles. The Morgan fingerprint density at radius 2 is 1.83 bits per heavy atom. The number of hydrogen-bond acceptors (Lipinski definition) is 3. The van der Waals surface area contributed by atoms with Crippen molar-refractivity contribution in [1.29, 1.82) is 0 Å². The van der Waals surface area contributed by atoms with E-state index in [1.54, 1.807) is 0 Å². The normalized spacial score (nSPS) is 12.8. The van der Waals surface area contributed by atoms with Crippen molar-refractivity contribution in [1.82, 2.24) is 10.6 Å². The molecular formula is C19H34N4O. The van der Waals surface area contributed by atoms with Gasteiger partial charge >= 0.3 is 0 Å². The van der Waals surface area contributed by atoms with Crippen LogP contribution in [-0.4, -0.2) is 44.9 Å². The van der Waals surface area contributed by atoms with E-state index in [4.69, 9.17) is 5.11 Å². The van der Waals surface area contributed by atoms with Crippen molar-refractivity contribution in [3.63, 3.8) is 0 Å². The maximum atomic E-state index is 9.17. The van der Waals surface area contributed by atoms with Gasteiger partial charge in [0.05, 0.1) is 6.54 Å². The second-order valence-corrected chi connectivity index (χ2v) is 6.30. The van der Waals surface area contributed by atoms with Crippen LogP contribution >= 0.6 is 0 Å². The first kappa shape index (κ1) is 20.3. The molecule has 1 unspecified atom stereocenters. The minimum atomic E-state index is 0.248. The summed E-state index contributed by atoms with van der Waals surface area (Å²) in [6.45, 7) is 6.84. The Labute approximate surface area is 147 Å². The molecule has 5 nitrogen and oxygen atoms in total. The van der Waals surface area contributed by atoms with Crippen molar-refractivity contribution >= 4 is 11.6 Å². The first-order valence-electron chi connectivity index (χ1n) is 9.00. The van der Waals surface area contributed by atoms with Crippen LogP contribution in [0.2, 0.25) is 0 Å². The molecule has 0 aliphatic heterocycles. The van der Waals surface area contributed by atoms with Gasteiger partial charge in [-0.05, 0) is 43.4 Å². The molecule has 5 heteroatoms. The molecule has 1 rings (SSSR count). The average Bonchev–Trinajstić information content (AvgIpc) is 2.58. The Hall–Kier alpha value is -1.75. The number of nitrogens with one attached hydrogen (secondary N) is 2. The summed E-state index contributed by atoms with van der Waals surface area (Å²) in [5.74, 6) is 1.33. The Bertz CT molecular complexity index is 465. The van der Waals surface area contributed by atoms with Crippen molar-refractivity contribution in [3.8, 4) is 0 Å². The summed E-state index contributed by atoms with van der Waals surface area (Å²) in [4.78, 5) is 6.76. The van der Waals surface area contributed by atoms with Crippen molar-refractivity contribution in [2.45, 2.75) is 39.7 Å². The van der Waals surface area contributed by atoms with E-state index in [1.165, 1.54) is 11.3 Å². The molecule has 24 heavy (non-hydrogen) atoms. The fourth-order valence-corrected chi connectivity index (χ4v) is 2.59. The van der Waals surface area contributed by atoms with Gasteiger partial charge in [-0.3, -0.25) is 0 Å². The molecule has 136 valence electrons. The van der Waals surface area contributed by atoms with E-state index in [2.05, 4.69) is 58.6 Å². The molecule has 0 saturated carbocycles. The summed E-state index contributed by atoms with van der Waals surface area (Å²) in [6.07, 6.45) is 3.10. The fourth-order valence-electron chi connectivity index (χ4n) is 2.59. The van der Waals surface area contributed by atoms with Gasteiger partial charge in [0, 0.05) is 39.5 Å². The molecule has 0 aliphatic rings. The van der Waals surface area contributed by atoms with E-state index in [9.17, 15) is 0 Å². The van der Waals surface area contributed by atoms with Gasteiger partial charge in [0.15, 0.2) is 5.96 Å². The topological polar surface area (TPSA) is 59.9 Å². The maximum Gasteiger partial charge on any atom is 0.191 e. The lowest BCUT2D eigenvalue weighted by Gasteiger charge is -2.18. The Balaban J connectivity index is 2.60. The number of aliphatic hydroxyl groups excluding tert-OH is 1. The van der Waals surface area contributed by atoms with Crippen LogP contribution in [-0.2, 0) is 6.54 Å². The molecule has 0 heterocycles. The highest BCUT2D eigenvalue weighted by atomic mass is 16.3. The molecule has 1 aromatic rings. The summed E-state index contributed by atoms with van der Waals surface area (Å²) < 4.78 is 0. The van der Waals surface area contributed by atoms with Gasteiger partial charge in [0.1, 0.15) is 0 Å². The average molecular weight is 335 g/mol. The van der Waals surface area contributed by atoms with Crippen LogP contribution in [0.15, 0.2) is 29.3 Å². The quantitative estimate of drug-likeness (QED) is 0.455. The zero-order valence-electron chi connectivity index (χ0n) is 15.7. The number of benzene rings is 1. The SMILES string of the molecule is CCCC(CCO)CNC(=NCc1ccc(N(C)C)cc1)NCC. The van der Waals surface area contributed by atoms with Crippen LogP contribution in [0.4, 0.5) is 5.69 Å². The zero-order chi connectivity index (χ0) is 17.8. The van der Waals surface area contributed by atoms with E-state index in [1.807, 2.05) is 14.1 Å². The second kappa shape index (κ2) is 11.7. The van der Waals surface area contributed by atoms with E-state index in [-0.39, 0.29) is 6.61 Å². The molecule has 0 amide bonds. The molecule has 1 atom stereocenters. The predicted molar refractivity (Wildman–Crippen MR) is 104 cm³/mol. The van der Waals surface area contributed by atoms with Crippen molar-refractivity contribution in [2.75, 3.05) is 38.7 Å². The van der Waals surface area contributed by atoms with Gasteiger partial charge in [-0.15, -0.1) is 0 Å². The largest absolute Gasteiger partial charge is 0.396 e. The zero-order valence-corrected chi connectivity index (χ0v) is 15.7. The second-order valence-electron chi connectivity index (χ2n) is 6.30. The van der Waals surface area contributed by atoms with Crippen LogP contribution in [0.25, 0.3) is 0 Å². The monoisotopic (exact) mass is 334 g/mol. The van der Waals surface area contributed by atoms with E-state index in [0.29, 0.717) is 12.5 Å². The number of nitrogens with zero attached hydrogens (tertiary/aromatic N) is 2. The Morgan fingerprint density at radius 3 is 2.38 bits per heavy atom. The number of aliphatic hydroxyl groups is 1. The molecular weight excluding hydrogens is 300 g/mol. The van der Waals surface area contributed by atoms with Crippen molar-refractivity contribution in [3.05, 3.63) is 29.8 Å². The van der Waals surface area contributed by atoms with Crippen LogP contribution < -0.4 is 15.5 Å².